The fourth-order valence-corrected chi connectivity index (χ4v) is 2.33. The lowest BCUT2D eigenvalue weighted by Gasteiger charge is -1.99. The maximum absolute atomic E-state index is 12.0. The highest BCUT2D eigenvalue weighted by Crippen LogP contribution is 2.18. The van der Waals surface area contributed by atoms with Crippen LogP contribution < -0.4 is 5.32 Å². The van der Waals surface area contributed by atoms with E-state index in [9.17, 15) is 14.9 Å². The average Bonchev–Trinajstić information content (AvgIpc) is 2.91. The molecule has 114 valence electrons. The summed E-state index contributed by atoms with van der Waals surface area (Å²) in [7, 11) is 0. The Morgan fingerprint density at radius 2 is 1.74 bits per heavy atom. The van der Waals surface area contributed by atoms with Crippen LogP contribution in [-0.4, -0.2) is 16.7 Å². The van der Waals surface area contributed by atoms with Crippen LogP contribution in [0.25, 0.3) is 6.08 Å². The summed E-state index contributed by atoms with van der Waals surface area (Å²) in [4.78, 5) is 26.4. The summed E-state index contributed by atoms with van der Waals surface area (Å²) in [5.41, 5.74) is 1.75. The van der Waals surface area contributed by atoms with Gasteiger partial charge in [0.2, 0.25) is 0 Å². The summed E-state index contributed by atoms with van der Waals surface area (Å²) >= 11 is 3.35. The molecule has 0 bridgehead atoms. The molecule has 1 aliphatic rings. The summed E-state index contributed by atoms with van der Waals surface area (Å²) in [5.74, 6) is 0.0783. The van der Waals surface area contributed by atoms with E-state index in [2.05, 4.69) is 26.2 Å². The lowest BCUT2D eigenvalue weighted by Crippen LogP contribution is -2.24. The molecule has 1 amide bonds. The molecule has 2 aromatic rings. The van der Waals surface area contributed by atoms with E-state index in [4.69, 9.17) is 0 Å². The quantitative estimate of drug-likeness (QED) is 0.510. The molecule has 23 heavy (non-hydrogen) atoms. The highest BCUT2D eigenvalue weighted by atomic mass is 79.9. The maximum Gasteiger partial charge on any atom is 0.275 e. The normalized spacial score (nSPS) is 15.4. The van der Waals surface area contributed by atoms with Crippen molar-refractivity contribution in [1.82, 2.24) is 5.32 Å². The molecular weight excluding hydrogens is 362 g/mol. The number of nitrogens with one attached hydrogen (secondary N) is 1. The fourth-order valence-electron chi connectivity index (χ4n) is 2.06. The van der Waals surface area contributed by atoms with Crippen LogP contribution in [0, 0.1) is 10.1 Å². The Morgan fingerprint density at radius 3 is 2.35 bits per heavy atom. The van der Waals surface area contributed by atoms with Gasteiger partial charge in [0.1, 0.15) is 11.5 Å². The molecule has 1 N–H and O–H groups in total. The largest absolute Gasteiger partial charge is 0.305 e. The third-order valence-corrected chi connectivity index (χ3v) is 3.75. The number of carbonyl (C=O) groups excluding carboxylic acids is 1. The zero-order chi connectivity index (χ0) is 16.4. The van der Waals surface area contributed by atoms with Crippen LogP contribution in [0.3, 0.4) is 0 Å². The average molecular weight is 372 g/mol. The maximum atomic E-state index is 12.0. The van der Waals surface area contributed by atoms with Gasteiger partial charge in [-0.3, -0.25) is 14.9 Å². The summed E-state index contributed by atoms with van der Waals surface area (Å²) in [6.45, 7) is 0. The van der Waals surface area contributed by atoms with E-state index in [0.29, 0.717) is 17.1 Å². The summed E-state index contributed by atoms with van der Waals surface area (Å²) in [5, 5.41) is 13.3. The first-order chi connectivity index (χ1) is 11.0. The smallest absolute Gasteiger partial charge is 0.275 e. The van der Waals surface area contributed by atoms with E-state index < -0.39 is 4.92 Å². The van der Waals surface area contributed by atoms with E-state index in [-0.39, 0.29) is 11.6 Å². The number of non-ortho nitro benzene ring substituents is 1. The minimum absolute atomic E-state index is 0.00991. The fraction of sp³-hybridized carbons (Fsp3) is 0. The monoisotopic (exact) mass is 371 g/mol. The zero-order valence-corrected chi connectivity index (χ0v) is 13.3. The Labute approximate surface area is 139 Å². The number of benzene rings is 2. The van der Waals surface area contributed by atoms with Gasteiger partial charge in [0.15, 0.2) is 0 Å². The minimum atomic E-state index is -0.475. The standard InChI is InChI=1S/C16H10BrN3O3/c17-12-5-1-10(2-6-12)9-14-16(21)19-15(18-14)11-3-7-13(8-4-11)20(22)23/h1-9H,(H,18,19,21)/b14-9-. The molecule has 0 saturated carbocycles. The first-order valence-corrected chi connectivity index (χ1v) is 7.44. The van der Waals surface area contributed by atoms with Crippen LogP contribution in [0.2, 0.25) is 0 Å². The summed E-state index contributed by atoms with van der Waals surface area (Å²) in [6.07, 6.45) is 1.68. The Bertz CT molecular complexity index is 840. The van der Waals surface area contributed by atoms with E-state index in [1.165, 1.54) is 12.1 Å². The van der Waals surface area contributed by atoms with E-state index in [0.717, 1.165) is 10.0 Å². The SMILES string of the molecule is O=C1NC(c2ccc([N+](=O)[O-])cc2)=N/C1=C\c1ccc(Br)cc1. The second-order valence-electron chi connectivity index (χ2n) is 4.80. The van der Waals surface area contributed by atoms with Gasteiger partial charge in [-0.25, -0.2) is 4.99 Å². The highest BCUT2D eigenvalue weighted by Gasteiger charge is 2.21. The summed E-state index contributed by atoms with van der Waals surface area (Å²) in [6, 6.07) is 13.3. The van der Waals surface area contributed by atoms with Gasteiger partial charge in [0.05, 0.1) is 4.92 Å². The number of aliphatic imine (C=N–C) groups is 1. The van der Waals surface area contributed by atoms with Gasteiger partial charge in [0.25, 0.3) is 11.6 Å². The van der Waals surface area contributed by atoms with Crippen molar-refractivity contribution in [2.24, 2.45) is 4.99 Å². The number of carbonyl (C=O) groups is 1. The van der Waals surface area contributed by atoms with Gasteiger partial charge in [0, 0.05) is 22.2 Å². The number of amides is 1. The van der Waals surface area contributed by atoms with Crippen molar-refractivity contribution in [3.05, 3.63) is 79.9 Å². The third-order valence-electron chi connectivity index (χ3n) is 3.22. The van der Waals surface area contributed by atoms with Crippen molar-refractivity contribution in [1.29, 1.82) is 0 Å². The Kier molecular flexibility index (Phi) is 4.03. The van der Waals surface area contributed by atoms with Crippen LogP contribution in [0.5, 0.6) is 0 Å². The number of hydrogen-bond acceptors (Lipinski definition) is 4. The van der Waals surface area contributed by atoms with E-state index in [1.54, 1.807) is 18.2 Å². The number of rotatable bonds is 3. The molecule has 1 heterocycles. The summed E-state index contributed by atoms with van der Waals surface area (Å²) < 4.78 is 0.950. The molecule has 7 heteroatoms. The predicted molar refractivity (Wildman–Crippen MR) is 89.9 cm³/mol. The number of hydrogen-bond donors (Lipinski definition) is 1. The van der Waals surface area contributed by atoms with Gasteiger partial charge in [-0.15, -0.1) is 0 Å². The predicted octanol–water partition coefficient (Wildman–Crippen LogP) is 3.27. The molecule has 0 spiro atoms. The van der Waals surface area contributed by atoms with Crippen molar-refractivity contribution < 1.29 is 9.72 Å². The van der Waals surface area contributed by atoms with Gasteiger partial charge >= 0.3 is 0 Å². The molecule has 0 atom stereocenters. The molecule has 0 saturated heterocycles. The number of nitro groups is 1. The second-order valence-corrected chi connectivity index (χ2v) is 5.72. The number of amidine groups is 1. The highest BCUT2D eigenvalue weighted by molar-refractivity contribution is 9.10. The Balaban J connectivity index is 1.88. The van der Waals surface area contributed by atoms with Gasteiger partial charge in [-0.2, -0.15) is 0 Å². The van der Waals surface area contributed by atoms with Crippen molar-refractivity contribution in [3.63, 3.8) is 0 Å². The first-order valence-electron chi connectivity index (χ1n) is 6.65. The van der Waals surface area contributed by atoms with Crippen molar-refractivity contribution in [2.45, 2.75) is 0 Å². The Hall–Kier alpha value is -2.80. The molecule has 0 aliphatic carbocycles. The second kappa shape index (κ2) is 6.13. The molecule has 2 aromatic carbocycles. The molecule has 6 nitrogen and oxygen atoms in total. The van der Waals surface area contributed by atoms with Crippen LogP contribution in [0.1, 0.15) is 11.1 Å². The third kappa shape index (κ3) is 3.35. The number of nitro benzene ring substituents is 1. The Morgan fingerprint density at radius 1 is 1.09 bits per heavy atom. The van der Waals surface area contributed by atoms with Crippen LogP contribution >= 0.6 is 15.9 Å². The topological polar surface area (TPSA) is 84.6 Å². The van der Waals surface area contributed by atoms with Gasteiger partial charge < -0.3 is 5.32 Å². The van der Waals surface area contributed by atoms with Crippen LogP contribution in [0.4, 0.5) is 5.69 Å². The molecular formula is C16H10BrN3O3. The zero-order valence-electron chi connectivity index (χ0n) is 11.7. The number of halogens is 1. The molecule has 3 rings (SSSR count). The minimum Gasteiger partial charge on any atom is -0.305 e. The molecule has 1 aliphatic heterocycles. The van der Waals surface area contributed by atoms with Crippen LogP contribution in [0.15, 0.2) is 63.7 Å². The van der Waals surface area contributed by atoms with E-state index >= 15 is 0 Å². The number of nitrogens with zero attached hydrogens (tertiary/aromatic N) is 2. The van der Waals surface area contributed by atoms with Gasteiger partial charge in [-0.1, -0.05) is 28.1 Å². The lowest BCUT2D eigenvalue weighted by atomic mass is 10.2. The van der Waals surface area contributed by atoms with Crippen LogP contribution in [-0.2, 0) is 4.79 Å². The molecule has 0 aromatic heterocycles. The van der Waals surface area contributed by atoms with E-state index in [1.807, 2.05) is 24.3 Å². The lowest BCUT2D eigenvalue weighted by molar-refractivity contribution is -0.384. The first kappa shape index (κ1) is 15.1. The molecule has 0 radical (unpaired) electrons. The molecule has 0 unspecified atom stereocenters. The van der Waals surface area contributed by atoms with Crippen molar-refractivity contribution in [2.75, 3.05) is 0 Å². The van der Waals surface area contributed by atoms with Gasteiger partial charge in [-0.05, 0) is 35.9 Å². The molecule has 0 fully saturated rings. The van der Waals surface area contributed by atoms with Crippen molar-refractivity contribution in [3.8, 4) is 0 Å². The van der Waals surface area contributed by atoms with Crippen molar-refractivity contribution >= 4 is 39.4 Å².